The van der Waals surface area contributed by atoms with Gasteiger partial charge in [0.05, 0.1) is 0 Å². The van der Waals surface area contributed by atoms with Crippen LogP contribution in [0.5, 0.6) is 0 Å². The molecule has 6 heteroatoms. The van der Waals surface area contributed by atoms with Gasteiger partial charge in [-0.3, -0.25) is 0 Å². The maximum atomic E-state index is 7.17. The second kappa shape index (κ2) is 9.41. The van der Waals surface area contributed by atoms with E-state index in [4.69, 9.17) is 15.1 Å². The summed E-state index contributed by atoms with van der Waals surface area (Å²) in [5.41, 5.74) is 0. The zero-order valence-corrected chi connectivity index (χ0v) is 3.48. The molecule has 0 amide bonds. The number of rotatable bonds is 0. The molecule has 0 rings (SSSR count). The van der Waals surface area contributed by atoms with Gasteiger partial charge >= 0.3 is 26.2 Å². The molecule has 0 heterocycles. The smallest absolute Gasteiger partial charge is 0 e. The van der Waals surface area contributed by atoms with Gasteiger partial charge in [-0.25, -0.2) is 0 Å². The van der Waals surface area contributed by atoms with Crippen molar-refractivity contribution in [2.45, 2.75) is 0 Å². The van der Waals surface area contributed by atoms with Crippen LogP contribution in [0.4, 0.5) is 0 Å². The van der Waals surface area contributed by atoms with E-state index in [2.05, 4.69) is 0 Å². The molecule has 0 bridgehead atoms. The van der Waals surface area contributed by atoms with Crippen LogP contribution in [0.3, 0.4) is 0 Å². The van der Waals surface area contributed by atoms with E-state index in [-0.39, 0.29) is 35.9 Å². The van der Waals surface area contributed by atoms with Gasteiger partial charge in [0.25, 0.3) is 0 Å². The largest absolute Gasteiger partial charge is 0 e. The van der Waals surface area contributed by atoms with E-state index in [9.17, 15) is 0 Å². The monoisotopic (exact) mass is 125 g/mol. The molecule has 0 aliphatic carbocycles. The van der Waals surface area contributed by atoms with Gasteiger partial charge in [0.2, 0.25) is 0 Å². The molecule has 3 N–H and O–H groups in total. The third-order valence-corrected chi connectivity index (χ3v) is 0. The van der Waals surface area contributed by atoms with Gasteiger partial charge in [-0.05, 0) is 0 Å². The van der Waals surface area contributed by atoms with Crippen molar-refractivity contribution in [2.75, 3.05) is 0 Å². The summed E-state index contributed by atoms with van der Waals surface area (Å²) in [6.07, 6.45) is 0. The van der Waals surface area contributed by atoms with E-state index in [1.807, 2.05) is 0 Å². The quantitative estimate of drug-likeness (QED) is 0.308. The second-order valence-electron chi connectivity index (χ2n) is 0.346. The van der Waals surface area contributed by atoms with Crippen LogP contribution in [0.1, 0.15) is 0 Å². The third-order valence-electron chi connectivity index (χ3n) is 0. The molecule has 0 atom stereocenters. The maximum absolute atomic E-state index is 7.17. The minimum Gasteiger partial charge on any atom is 0 e. The molecule has 0 fully saturated rings. The van der Waals surface area contributed by atoms with Crippen molar-refractivity contribution < 1.29 is 32.1 Å². The molecule has 0 unspecified atom stereocenters. The molecule has 3 nitrogen and oxygen atoms in total. The summed E-state index contributed by atoms with van der Waals surface area (Å²) in [5, 5.41) is 21.5. The maximum Gasteiger partial charge on any atom is 0 e. The van der Waals surface area contributed by atoms with Gasteiger partial charge in [-0.2, -0.15) is 0 Å². The molecular weight excluding hydrogens is 121 g/mol. The van der Waals surface area contributed by atoms with Crippen LogP contribution in [0.25, 0.3) is 0 Å². The van der Waals surface area contributed by atoms with Gasteiger partial charge in [0.15, 0.2) is 0 Å². The van der Waals surface area contributed by atoms with Gasteiger partial charge in [-0.15, -0.1) is 0 Å². The SMILES string of the molecule is OB(O)O.[LiH].[Mn]. The minimum atomic E-state index is -2.17. The molecule has 0 saturated carbocycles. The zero-order chi connectivity index (χ0) is 3.58. The van der Waals surface area contributed by atoms with Crippen molar-refractivity contribution in [3.05, 3.63) is 0 Å². The molecule has 0 aromatic carbocycles. The van der Waals surface area contributed by atoms with Gasteiger partial charge in [0, 0.05) is 17.1 Å². The predicted octanol–water partition coefficient (Wildman–Crippen LogP) is -2.70. The Balaban J connectivity index is -0.0000000450. The van der Waals surface area contributed by atoms with E-state index in [1.165, 1.54) is 0 Å². The Morgan fingerprint density at radius 1 is 1.00 bits per heavy atom. The number of hydrogen-bond donors (Lipinski definition) is 3. The van der Waals surface area contributed by atoms with E-state index in [0.717, 1.165) is 0 Å². The van der Waals surface area contributed by atoms with Crippen molar-refractivity contribution >= 4 is 26.2 Å². The molecule has 0 aromatic rings. The Hall–Kier alpha value is 1.06. The van der Waals surface area contributed by atoms with Crippen molar-refractivity contribution in [1.29, 1.82) is 0 Å². The van der Waals surface area contributed by atoms with Crippen LogP contribution in [-0.4, -0.2) is 41.3 Å². The predicted molar refractivity (Wildman–Crippen MR) is 19.6 cm³/mol. The summed E-state index contributed by atoms with van der Waals surface area (Å²) in [5.74, 6) is 0. The first-order valence-electron chi connectivity index (χ1n) is 0.775. The Bertz CT molecular complexity index is 15.5. The van der Waals surface area contributed by atoms with E-state index >= 15 is 0 Å². The summed E-state index contributed by atoms with van der Waals surface area (Å²) in [7, 11) is -2.17. The minimum absolute atomic E-state index is 0. The zero-order valence-electron chi connectivity index (χ0n) is 2.30. The molecule has 0 aromatic heterocycles. The van der Waals surface area contributed by atoms with Crippen molar-refractivity contribution in [3.63, 3.8) is 0 Å². The van der Waals surface area contributed by atoms with Gasteiger partial charge in [0.1, 0.15) is 0 Å². The van der Waals surface area contributed by atoms with Crippen molar-refractivity contribution in [3.8, 4) is 0 Å². The fourth-order valence-corrected chi connectivity index (χ4v) is 0. The summed E-state index contributed by atoms with van der Waals surface area (Å²) >= 11 is 0. The third kappa shape index (κ3) is 74.1. The fourth-order valence-electron chi connectivity index (χ4n) is 0. The summed E-state index contributed by atoms with van der Waals surface area (Å²) in [6.45, 7) is 0. The molecule has 0 saturated heterocycles. The van der Waals surface area contributed by atoms with Crippen molar-refractivity contribution in [1.82, 2.24) is 0 Å². The van der Waals surface area contributed by atoms with Crippen LogP contribution in [0.15, 0.2) is 0 Å². The molecule has 1 radical (unpaired) electrons. The molecule has 6 heavy (non-hydrogen) atoms. The van der Waals surface area contributed by atoms with Gasteiger partial charge in [-0.1, -0.05) is 0 Å². The first-order chi connectivity index (χ1) is 1.73. The first-order valence-corrected chi connectivity index (χ1v) is 0.775. The second-order valence-corrected chi connectivity index (χ2v) is 0.346. The summed E-state index contributed by atoms with van der Waals surface area (Å²) < 4.78 is 0. The Kier molecular flexibility index (Phi) is 24.7. The van der Waals surface area contributed by atoms with E-state index in [1.54, 1.807) is 0 Å². The van der Waals surface area contributed by atoms with Gasteiger partial charge < -0.3 is 15.1 Å². The Labute approximate surface area is 58.6 Å². The normalized spacial score (nSPS) is 4.50. The van der Waals surface area contributed by atoms with E-state index in [0.29, 0.717) is 0 Å². The molecule has 0 aliphatic heterocycles. The van der Waals surface area contributed by atoms with Crippen LogP contribution in [0.2, 0.25) is 0 Å². The number of hydrogen-bond acceptors (Lipinski definition) is 3. The standard InChI is InChI=1S/BH3O3.Li.Mn.H/c2-1(3)4;;;/h2-4H;;;. The topological polar surface area (TPSA) is 60.7 Å². The Morgan fingerprint density at radius 2 is 1.00 bits per heavy atom. The summed E-state index contributed by atoms with van der Waals surface area (Å²) in [6, 6.07) is 0. The summed E-state index contributed by atoms with van der Waals surface area (Å²) in [4.78, 5) is 0. The van der Waals surface area contributed by atoms with Crippen molar-refractivity contribution in [2.24, 2.45) is 0 Å². The average Bonchev–Trinajstić information content (AvgIpc) is 0.811. The first kappa shape index (κ1) is 15.7. The van der Waals surface area contributed by atoms with Crippen LogP contribution < -0.4 is 0 Å². The average molecular weight is 125 g/mol. The molecule has 33 valence electrons. The molecule has 0 aliphatic rings. The van der Waals surface area contributed by atoms with E-state index < -0.39 is 7.32 Å². The molecular formula is H4BLiMnO3. The Morgan fingerprint density at radius 3 is 1.00 bits per heavy atom. The molecule has 0 spiro atoms. The fraction of sp³-hybridized carbons (Fsp3) is 0. The van der Waals surface area contributed by atoms with Crippen LogP contribution >= 0.6 is 0 Å². The van der Waals surface area contributed by atoms with Crippen LogP contribution in [-0.2, 0) is 17.1 Å². The van der Waals surface area contributed by atoms with Crippen LogP contribution in [0, 0.1) is 0 Å².